The van der Waals surface area contributed by atoms with Gasteiger partial charge in [-0.25, -0.2) is 10.4 Å². The summed E-state index contributed by atoms with van der Waals surface area (Å²) < 4.78 is 5.38. The molecule has 24 heavy (non-hydrogen) atoms. The molecule has 3 aromatic rings. The Bertz CT molecular complexity index is 925. The van der Waals surface area contributed by atoms with E-state index < -0.39 is 5.91 Å². The molecule has 0 aliphatic carbocycles. The molecule has 2 aromatic carbocycles. The van der Waals surface area contributed by atoms with Crippen molar-refractivity contribution in [2.24, 2.45) is 5.10 Å². The first kappa shape index (κ1) is 16.0. The van der Waals surface area contributed by atoms with Crippen LogP contribution >= 0.6 is 11.6 Å². The van der Waals surface area contributed by atoms with Crippen molar-refractivity contribution in [1.29, 1.82) is 0 Å². The summed E-state index contributed by atoms with van der Waals surface area (Å²) in [7, 11) is 1.59. The molecular formula is C18H14ClN3O2. The largest absolute Gasteiger partial charge is 0.496 e. The van der Waals surface area contributed by atoms with Crippen molar-refractivity contribution >= 4 is 34.5 Å². The molecule has 1 aromatic heterocycles. The fraction of sp³-hybridized carbons (Fsp3) is 0.0556. The number of nitrogens with zero attached hydrogens (tertiary/aromatic N) is 2. The Morgan fingerprint density at radius 1 is 1.21 bits per heavy atom. The molecule has 0 saturated heterocycles. The van der Waals surface area contributed by atoms with E-state index in [4.69, 9.17) is 16.3 Å². The minimum atomic E-state index is -0.427. The Balaban J connectivity index is 1.88. The van der Waals surface area contributed by atoms with E-state index in [1.165, 1.54) is 6.20 Å². The summed E-state index contributed by atoms with van der Waals surface area (Å²) in [5.41, 5.74) is 3.51. The number of halogens is 1. The number of ether oxygens (including phenoxy) is 1. The van der Waals surface area contributed by atoms with Crippen molar-refractivity contribution in [3.63, 3.8) is 0 Å². The Kier molecular flexibility index (Phi) is 4.72. The topological polar surface area (TPSA) is 63.6 Å². The molecule has 1 heterocycles. The molecule has 0 spiro atoms. The quantitative estimate of drug-likeness (QED) is 0.448. The zero-order valence-electron chi connectivity index (χ0n) is 12.9. The van der Waals surface area contributed by atoms with Crippen LogP contribution in [0.1, 0.15) is 15.9 Å². The third kappa shape index (κ3) is 3.21. The number of aromatic nitrogens is 1. The van der Waals surface area contributed by atoms with Gasteiger partial charge in [-0.2, -0.15) is 5.10 Å². The number of benzene rings is 2. The Hall–Kier alpha value is -2.92. The molecule has 6 heteroatoms. The molecule has 1 N–H and O–H groups in total. The van der Waals surface area contributed by atoms with Gasteiger partial charge in [-0.05, 0) is 29.0 Å². The van der Waals surface area contributed by atoms with Gasteiger partial charge in [0.2, 0.25) is 0 Å². The van der Waals surface area contributed by atoms with E-state index >= 15 is 0 Å². The number of hydrogen-bond donors (Lipinski definition) is 1. The van der Waals surface area contributed by atoms with Crippen LogP contribution in [0.5, 0.6) is 5.75 Å². The first-order valence-electron chi connectivity index (χ1n) is 7.20. The molecule has 0 radical (unpaired) electrons. The minimum absolute atomic E-state index is 0.132. The number of hydrogen-bond acceptors (Lipinski definition) is 4. The second-order valence-corrected chi connectivity index (χ2v) is 5.30. The maximum absolute atomic E-state index is 12.1. The average Bonchev–Trinajstić information content (AvgIpc) is 2.62. The third-order valence-corrected chi connectivity index (χ3v) is 3.82. The standard InChI is InChI=1S/C18H14ClN3O2/c1-24-16-9-8-12-5-2-3-6-13(12)15(16)11-21-22-18(23)14-7-4-10-20-17(14)19/h2-11H,1H3,(H,22,23). The predicted octanol–water partition coefficient (Wildman–Crippen LogP) is 3.66. The lowest BCUT2D eigenvalue weighted by Crippen LogP contribution is -2.18. The van der Waals surface area contributed by atoms with Gasteiger partial charge in [0.1, 0.15) is 10.9 Å². The average molecular weight is 340 g/mol. The van der Waals surface area contributed by atoms with Crippen LogP contribution in [0.2, 0.25) is 5.15 Å². The van der Waals surface area contributed by atoms with E-state index in [0.29, 0.717) is 5.75 Å². The van der Waals surface area contributed by atoms with Crippen molar-refractivity contribution in [2.45, 2.75) is 0 Å². The molecule has 1 amide bonds. The lowest BCUT2D eigenvalue weighted by molar-refractivity contribution is 0.0955. The number of methoxy groups -OCH3 is 1. The molecule has 0 aliphatic heterocycles. The van der Waals surface area contributed by atoms with Crippen LogP contribution in [0, 0.1) is 0 Å². The van der Waals surface area contributed by atoms with Gasteiger partial charge in [-0.3, -0.25) is 4.79 Å². The highest BCUT2D eigenvalue weighted by Crippen LogP contribution is 2.26. The van der Waals surface area contributed by atoms with Gasteiger partial charge in [0.05, 0.1) is 18.9 Å². The smallest absolute Gasteiger partial charge is 0.274 e. The first-order valence-corrected chi connectivity index (χ1v) is 7.58. The van der Waals surface area contributed by atoms with Gasteiger partial charge >= 0.3 is 0 Å². The van der Waals surface area contributed by atoms with E-state index in [1.807, 2.05) is 36.4 Å². The van der Waals surface area contributed by atoms with E-state index in [0.717, 1.165) is 16.3 Å². The molecule has 0 fully saturated rings. The van der Waals surface area contributed by atoms with Crippen molar-refractivity contribution < 1.29 is 9.53 Å². The summed E-state index contributed by atoms with van der Waals surface area (Å²) in [6, 6.07) is 14.9. The van der Waals surface area contributed by atoms with Gasteiger partial charge in [0.25, 0.3) is 5.91 Å². The maximum atomic E-state index is 12.1. The second-order valence-electron chi connectivity index (χ2n) is 4.94. The fourth-order valence-corrected chi connectivity index (χ4v) is 2.56. The number of pyridine rings is 1. The van der Waals surface area contributed by atoms with Crippen LogP contribution in [0.15, 0.2) is 59.8 Å². The number of carbonyl (C=O) groups is 1. The molecular weight excluding hydrogens is 326 g/mol. The predicted molar refractivity (Wildman–Crippen MR) is 94.8 cm³/mol. The highest BCUT2D eigenvalue weighted by atomic mass is 35.5. The Morgan fingerprint density at radius 2 is 2.04 bits per heavy atom. The number of fused-ring (bicyclic) bond motifs is 1. The second kappa shape index (κ2) is 7.10. The van der Waals surface area contributed by atoms with Gasteiger partial charge in [0, 0.05) is 11.8 Å². The van der Waals surface area contributed by atoms with Crippen LogP contribution in [0.25, 0.3) is 10.8 Å². The van der Waals surface area contributed by atoms with Gasteiger partial charge in [-0.15, -0.1) is 0 Å². The molecule has 0 bridgehead atoms. The first-order chi connectivity index (χ1) is 11.7. The number of carbonyl (C=O) groups excluding carboxylic acids is 1. The molecule has 0 unspecified atom stereocenters. The summed E-state index contributed by atoms with van der Waals surface area (Å²) in [5.74, 6) is 0.245. The summed E-state index contributed by atoms with van der Waals surface area (Å²) in [6.07, 6.45) is 3.08. The summed E-state index contributed by atoms with van der Waals surface area (Å²) in [6.45, 7) is 0. The molecule has 0 atom stereocenters. The van der Waals surface area contributed by atoms with Gasteiger partial charge in [0.15, 0.2) is 0 Å². The van der Waals surface area contributed by atoms with Gasteiger partial charge < -0.3 is 4.74 Å². The minimum Gasteiger partial charge on any atom is -0.496 e. The van der Waals surface area contributed by atoms with Crippen molar-refractivity contribution in [2.75, 3.05) is 7.11 Å². The molecule has 3 rings (SSSR count). The monoisotopic (exact) mass is 339 g/mol. The van der Waals surface area contributed by atoms with Crippen LogP contribution in [0.3, 0.4) is 0 Å². The zero-order chi connectivity index (χ0) is 16.9. The number of hydrazone groups is 1. The summed E-state index contributed by atoms with van der Waals surface area (Å²) in [4.78, 5) is 16.0. The van der Waals surface area contributed by atoms with E-state index in [-0.39, 0.29) is 10.7 Å². The summed E-state index contributed by atoms with van der Waals surface area (Å²) >= 11 is 5.90. The van der Waals surface area contributed by atoms with Crippen LogP contribution < -0.4 is 10.2 Å². The lowest BCUT2D eigenvalue weighted by Gasteiger charge is -2.08. The molecule has 5 nitrogen and oxygen atoms in total. The van der Waals surface area contributed by atoms with Crippen LogP contribution in [-0.4, -0.2) is 24.2 Å². The van der Waals surface area contributed by atoms with Crippen molar-refractivity contribution in [3.8, 4) is 5.75 Å². The normalized spacial score (nSPS) is 10.9. The zero-order valence-corrected chi connectivity index (χ0v) is 13.6. The summed E-state index contributed by atoms with van der Waals surface area (Å²) in [5, 5.41) is 6.20. The fourth-order valence-electron chi connectivity index (χ4n) is 2.36. The Labute approximate surface area is 143 Å². The van der Waals surface area contributed by atoms with Crippen molar-refractivity contribution in [3.05, 3.63) is 71.0 Å². The van der Waals surface area contributed by atoms with Crippen LogP contribution in [0.4, 0.5) is 0 Å². The Morgan fingerprint density at radius 3 is 2.83 bits per heavy atom. The highest BCUT2D eigenvalue weighted by Gasteiger charge is 2.10. The third-order valence-electron chi connectivity index (χ3n) is 3.51. The van der Waals surface area contributed by atoms with Crippen molar-refractivity contribution in [1.82, 2.24) is 10.4 Å². The van der Waals surface area contributed by atoms with Crippen LogP contribution in [-0.2, 0) is 0 Å². The van der Waals surface area contributed by atoms with E-state index in [1.54, 1.807) is 25.5 Å². The lowest BCUT2D eigenvalue weighted by atomic mass is 10.0. The highest BCUT2D eigenvalue weighted by molar-refractivity contribution is 6.32. The molecule has 120 valence electrons. The molecule has 0 saturated carbocycles. The van der Waals surface area contributed by atoms with E-state index in [9.17, 15) is 4.79 Å². The molecule has 0 aliphatic rings. The maximum Gasteiger partial charge on any atom is 0.274 e. The number of rotatable bonds is 4. The van der Waals surface area contributed by atoms with E-state index in [2.05, 4.69) is 15.5 Å². The number of amides is 1. The number of nitrogens with one attached hydrogen (secondary N) is 1. The SMILES string of the molecule is COc1ccc2ccccc2c1C=NNC(=O)c1cccnc1Cl. The van der Waals surface area contributed by atoms with Gasteiger partial charge in [-0.1, -0.05) is 41.9 Å².